The number of likely N-dealkylation sites (N-methyl/N-ethyl adjacent to an activating group) is 1. The highest BCUT2D eigenvalue weighted by molar-refractivity contribution is 5.94. The molecule has 23 heavy (non-hydrogen) atoms. The molecule has 0 saturated heterocycles. The first-order chi connectivity index (χ1) is 10.5. The number of benzene rings is 2. The van der Waals surface area contributed by atoms with E-state index < -0.39 is 0 Å². The van der Waals surface area contributed by atoms with Gasteiger partial charge in [0.1, 0.15) is 0 Å². The van der Waals surface area contributed by atoms with E-state index in [0.29, 0.717) is 11.3 Å². The predicted molar refractivity (Wildman–Crippen MR) is 97.8 cm³/mol. The van der Waals surface area contributed by atoms with Crippen LogP contribution >= 0.6 is 12.4 Å². The van der Waals surface area contributed by atoms with E-state index in [1.54, 1.807) is 24.3 Å². The van der Waals surface area contributed by atoms with Gasteiger partial charge in [-0.3, -0.25) is 4.79 Å². The summed E-state index contributed by atoms with van der Waals surface area (Å²) in [7, 11) is 2.05. The minimum Gasteiger partial charge on any atom is -0.399 e. The maximum Gasteiger partial charge on any atom is 0.251 e. The molecular weight excluding hydrogens is 310 g/mol. The van der Waals surface area contributed by atoms with Crippen molar-refractivity contribution in [2.24, 2.45) is 0 Å². The van der Waals surface area contributed by atoms with E-state index in [4.69, 9.17) is 5.73 Å². The molecule has 4 nitrogen and oxygen atoms in total. The van der Waals surface area contributed by atoms with Gasteiger partial charge in [0.2, 0.25) is 0 Å². The number of nitrogens with zero attached hydrogens (tertiary/aromatic N) is 1. The van der Waals surface area contributed by atoms with Gasteiger partial charge >= 0.3 is 0 Å². The summed E-state index contributed by atoms with van der Waals surface area (Å²) in [6.45, 7) is 3.66. The summed E-state index contributed by atoms with van der Waals surface area (Å²) in [4.78, 5) is 14.3. The predicted octanol–water partition coefficient (Wildman–Crippen LogP) is 2.94. The van der Waals surface area contributed by atoms with Crippen LogP contribution in [-0.2, 0) is 6.54 Å². The van der Waals surface area contributed by atoms with Gasteiger partial charge in [0.05, 0.1) is 0 Å². The molecule has 0 aliphatic heterocycles. The molecule has 0 saturated carbocycles. The lowest BCUT2D eigenvalue weighted by Crippen LogP contribution is -2.40. The Balaban J connectivity index is 0.00000264. The largest absolute Gasteiger partial charge is 0.399 e. The van der Waals surface area contributed by atoms with Gasteiger partial charge in [0.15, 0.2) is 0 Å². The number of carbonyl (C=O) groups is 1. The van der Waals surface area contributed by atoms with Crippen LogP contribution in [0.1, 0.15) is 22.8 Å². The number of rotatable bonds is 6. The van der Waals surface area contributed by atoms with Crippen molar-refractivity contribution in [3.05, 3.63) is 65.7 Å². The van der Waals surface area contributed by atoms with E-state index in [9.17, 15) is 4.79 Å². The van der Waals surface area contributed by atoms with E-state index in [0.717, 1.165) is 13.1 Å². The van der Waals surface area contributed by atoms with Crippen molar-refractivity contribution in [3.63, 3.8) is 0 Å². The number of halogens is 1. The second-order valence-corrected chi connectivity index (χ2v) is 5.68. The monoisotopic (exact) mass is 333 g/mol. The van der Waals surface area contributed by atoms with Gasteiger partial charge in [-0.15, -0.1) is 12.4 Å². The van der Waals surface area contributed by atoms with Crippen LogP contribution in [0.3, 0.4) is 0 Å². The molecule has 1 atom stereocenters. The lowest BCUT2D eigenvalue weighted by atomic mass is 10.1. The summed E-state index contributed by atoms with van der Waals surface area (Å²) >= 11 is 0. The van der Waals surface area contributed by atoms with Crippen LogP contribution in [0.4, 0.5) is 5.69 Å². The second-order valence-electron chi connectivity index (χ2n) is 5.68. The quantitative estimate of drug-likeness (QED) is 0.799. The molecule has 0 aliphatic rings. The van der Waals surface area contributed by atoms with Crippen molar-refractivity contribution >= 4 is 24.0 Å². The van der Waals surface area contributed by atoms with Crippen molar-refractivity contribution in [3.8, 4) is 0 Å². The van der Waals surface area contributed by atoms with Crippen molar-refractivity contribution in [2.45, 2.75) is 19.5 Å². The third-order valence-electron chi connectivity index (χ3n) is 3.43. The van der Waals surface area contributed by atoms with E-state index in [1.165, 1.54) is 5.56 Å². The van der Waals surface area contributed by atoms with Crippen molar-refractivity contribution < 1.29 is 4.79 Å². The average Bonchev–Trinajstić information content (AvgIpc) is 2.48. The van der Waals surface area contributed by atoms with Gasteiger partial charge in [-0.1, -0.05) is 30.3 Å². The molecule has 2 rings (SSSR count). The van der Waals surface area contributed by atoms with Crippen LogP contribution in [0.15, 0.2) is 54.6 Å². The Morgan fingerprint density at radius 3 is 2.35 bits per heavy atom. The molecule has 0 bridgehead atoms. The number of nitrogens with two attached hydrogens (primary N) is 1. The zero-order valence-corrected chi connectivity index (χ0v) is 14.3. The first-order valence-corrected chi connectivity index (χ1v) is 7.43. The third kappa shape index (κ3) is 6.30. The topological polar surface area (TPSA) is 58.4 Å². The summed E-state index contributed by atoms with van der Waals surface area (Å²) in [5.74, 6) is -0.0689. The number of nitrogen functional groups attached to an aromatic ring is 1. The summed E-state index contributed by atoms with van der Waals surface area (Å²) < 4.78 is 0. The Labute approximate surface area is 144 Å². The lowest BCUT2D eigenvalue weighted by Gasteiger charge is -2.22. The Kier molecular flexibility index (Phi) is 7.59. The van der Waals surface area contributed by atoms with Crippen molar-refractivity contribution in [2.75, 3.05) is 19.3 Å². The van der Waals surface area contributed by atoms with Gasteiger partial charge < -0.3 is 16.0 Å². The molecule has 3 N–H and O–H groups in total. The van der Waals surface area contributed by atoms with Crippen molar-refractivity contribution in [1.29, 1.82) is 0 Å². The first-order valence-electron chi connectivity index (χ1n) is 7.43. The normalized spacial score (nSPS) is 11.6. The molecule has 0 spiro atoms. The van der Waals surface area contributed by atoms with Crippen LogP contribution in [0.25, 0.3) is 0 Å². The highest BCUT2D eigenvalue weighted by Gasteiger charge is 2.11. The number of hydrogen-bond acceptors (Lipinski definition) is 3. The van der Waals surface area contributed by atoms with E-state index in [1.807, 2.05) is 25.1 Å². The molecular formula is C18H24ClN3O. The van der Waals surface area contributed by atoms with Crippen LogP contribution in [0.2, 0.25) is 0 Å². The Bertz CT molecular complexity index is 601. The molecule has 0 fully saturated rings. The average molecular weight is 334 g/mol. The van der Waals surface area contributed by atoms with E-state index >= 15 is 0 Å². The lowest BCUT2D eigenvalue weighted by molar-refractivity contribution is 0.0931. The Morgan fingerprint density at radius 1 is 1.13 bits per heavy atom. The fourth-order valence-corrected chi connectivity index (χ4v) is 2.41. The van der Waals surface area contributed by atoms with Gasteiger partial charge in [-0.2, -0.15) is 0 Å². The Morgan fingerprint density at radius 2 is 1.74 bits per heavy atom. The second kappa shape index (κ2) is 9.18. The maximum absolute atomic E-state index is 12.1. The standard InChI is InChI=1S/C18H23N3O.ClH/c1-14(12-21(2)13-15-6-4-3-5-7-15)20-18(22)16-8-10-17(19)11-9-16;/h3-11,14H,12-13,19H2,1-2H3,(H,20,22);1H. The highest BCUT2D eigenvalue weighted by atomic mass is 35.5. The van der Waals surface area contributed by atoms with Crippen LogP contribution in [0.5, 0.6) is 0 Å². The highest BCUT2D eigenvalue weighted by Crippen LogP contribution is 2.06. The summed E-state index contributed by atoms with van der Waals surface area (Å²) in [6, 6.07) is 17.3. The molecule has 5 heteroatoms. The fourth-order valence-electron chi connectivity index (χ4n) is 2.41. The van der Waals surface area contributed by atoms with E-state index in [2.05, 4.69) is 29.4 Å². The molecule has 0 aromatic heterocycles. The smallest absolute Gasteiger partial charge is 0.251 e. The molecule has 0 heterocycles. The SMILES string of the molecule is CC(CN(C)Cc1ccccc1)NC(=O)c1ccc(N)cc1.Cl. The maximum atomic E-state index is 12.1. The molecule has 1 unspecified atom stereocenters. The minimum atomic E-state index is -0.0689. The zero-order valence-electron chi connectivity index (χ0n) is 13.5. The first kappa shape index (κ1) is 19.0. The molecule has 0 radical (unpaired) electrons. The van der Waals surface area contributed by atoms with Crippen LogP contribution in [-0.4, -0.2) is 30.4 Å². The molecule has 2 aromatic carbocycles. The van der Waals surface area contributed by atoms with E-state index in [-0.39, 0.29) is 24.4 Å². The van der Waals surface area contributed by atoms with Gasteiger partial charge in [-0.05, 0) is 43.8 Å². The molecule has 2 aromatic rings. The molecule has 0 aliphatic carbocycles. The number of amides is 1. The number of nitrogens with one attached hydrogen (secondary N) is 1. The number of hydrogen-bond donors (Lipinski definition) is 2. The van der Waals surface area contributed by atoms with Gasteiger partial charge in [-0.25, -0.2) is 0 Å². The van der Waals surface area contributed by atoms with Gasteiger partial charge in [0, 0.05) is 30.4 Å². The number of carbonyl (C=O) groups excluding carboxylic acids is 1. The molecule has 1 amide bonds. The minimum absolute atomic E-state index is 0. The van der Waals surface area contributed by atoms with Crippen molar-refractivity contribution in [1.82, 2.24) is 10.2 Å². The summed E-state index contributed by atoms with van der Waals surface area (Å²) in [5.41, 5.74) is 8.19. The fraction of sp³-hybridized carbons (Fsp3) is 0.278. The summed E-state index contributed by atoms with van der Waals surface area (Å²) in [6.07, 6.45) is 0. The van der Waals surface area contributed by atoms with Crippen LogP contribution < -0.4 is 11.1 Å². The van der Waals surface area contributed by atoms with Gasteiger partial charge in [0.25, 0.3) is 5.91 Å². The number of anilines is 1. The zero-order chi connectivity index (χ0) is 15.9. The third-order valence-corrected chi connectivity index (χ3v) is 3.43. The van der Waals surface area contributed by atoms with Crippen LogP contribution in [0, 0.1) is 0 Å². The Hall–Kier alpha value is -2.04. The summed E-state index contributed by atoms with van der Waals surface area (Å²) in [5, 5.41) is 3.01. The molecule has 124 valence electrons.